The number of aromatic nitrogens is 2. The Morgan fingerprint density at radius 2 is 1.80 bits per heavy atom. The van der Waals surface area contributed by atoms with Crippen molar-refractivity contribution in [2.75, 3.05) is 11.1 Å². The summed E-state index contributed by atoms with van der Waals surface area (Å²) < 4.78 is 38.3. The van der Waals surface area contributed by atoms with Gasteiger partial charge in [-0.1, -0.05) is 45.5 Å². The fourth-order valence-corrected chi connectivity index (χ4v) is 7.59. The van der Waals surface area contributed by atoms with Crippen LogP contribution in [0.15, 0.2) is 40.3 Å². The Kier molecular flexibility index (Phi) is 6.57. The van der Waals surface area contributed by atoms with Crippen molar-refractivity contribution >= 4 is 49.2 Å². The molecule has 0 bridgehead atoms. The molecule has 3 heterocycles. The maximum Gasteiger partial charge on any atom is 0.352 e. The molecule has 11 heteroatoms. The number of alkyl halides is 1. The normalized spacial score (nSPS) is 18.0. The molecule has 0 saturated heterocycles. The first kappa shape index (κ1) is 22.2. The second-order valence-electron chi connectivity index (χ2n) is 7.02. The number of thiophene rings is 1. The molecule has 1 aromatic carbocycles. The Labute approximate surface area is 191 Å². The number of halogens is 2. The summed E-state index contributed by atoms with van der Waals surface area (Å²) >= 11 is 7.34. The highest BCUT2D eigenvalue weighted by Gasteiger charge is 2.38. The van der Waals surface area contributed by atoms with Crippen LogP contribution in [-0.4, -0.2) is 15.7 Å². The van der Waals surface area contributed by atoms with Crippen LogP contribution in [0.25, 0.3) is 15.9 Å². The molecule has 7 nitrogen and oxygen atoms in total. The molecular weight excluding hydrogens is 516 g/mol. The van der Waals surface area contributed by atoms with Gasteiger partial charge < -0.3 is 0 Å². The largest absolute Gasteiger partial charge is 0.352 e. The van der Waals surface area contributed by atoms with E-state index in [1.54, 1.807) is 11.8 Å². The minimum absolute atomic E-state index is 0.162. The van der Waals surface area contributed by atoms with E-state index in [0.717, 1.165) is 40.2 Å². The van der Waals surface area contributed by atoms with E-state index in [0.29, 0.717) is 6.04 Å². The Morgan fingerprint density at radius 3 is 2.47 bits per heavy atom. The zero-order valence-electron chi connectivity index (χ0n) is 15.7. The smallest absolute Gasteiger partial charge is 0.240 e. The molecule has 3 aromatic rings. The first-order valence-corrected chi connectivity index (χ1v) is 13.5. The zero-order chi connectivity index (χ0) is 21.5. The number of thioether (sulfide) groups is 1. The van der Waals surface area contributed by atoms with Crippen molar-refractivity contribution in [3.63, 3.8) is 0 Å². The Bertz CT molecular complexity index is 1120. The molecule has 0 saturated carbocycles. The van der Waals surface area contributed by atoms with E-state index in [4.69, 9.17) is 18.6 Å². The second-order valence-corrected chi connectivity index (χ2v) is 10.5. The molecule has 160 valence electrons. The lowest BCUT2D eigenvalue weighted by Gasteiger charge is -2.17. The maximum atomic E-state index is 13.5. The van der Waals surface area contributed by atoms with Gasteiger partial charge in [-0.2, -0.15) is 4.57 Å². The van der Waals surface area contributed by atoms with Crippen LogP contribution < -0.4 is 28.8 Å². The molecule has 0 spiro atoms. The Balaban J connectivity index is 0.000000393. The number of hydrogen-bond acceptors (Lipinski definition) is 7. The summed E-state index contributed by atoms with van der Waals surface area (Å²) in [5.74, 6) is 1.01. The highest BCUT2D eigenvalue weighted by molar-refractivity contribution is 9.09. The predicted molar refractivity (Wildman–Crippen MR) is 108 cm³/mol. The number of benzene rings is 1. The quantitative estimate of drug-likeness (QED) is 0.249. The molecule has 2 aromatic heterocycles. The standard InChI is InChI=1S/C19H18BrN2OS2.ClHO4/c20-10-13-11-24-19-21(12-6-2-1-3-7-12)17(23)16-14-8-4-5-9-15(14)25-18(16)22(13)19;2-1(3,4)5/h1-3,6-7,13H,4-5,8-11H2;(H,2,3,4,5)/q+1;/p-1. The van der Waals surface area contributed by atoms with Crippen LogP contribution in [0, 0.1) is 10.2 Å². The lowest BCUT2D eigenvalue weighted by molar-refractivity contribution is -2.00. The van der Waals surface area contributed by atoms with Crippen LogP contribution in [0.5, 0.6) is 0 Å². The van der Waals surface area contributed by atoms with E-state index in [-0.39, 0.29) is 5.56 Å². The van der Waals surface area contributed by atoms with E-state index in [2.05, 4.69) is 20.5 Å². The topological polar surface area (TPSA) is 118 Å². The van der Waals surface area contributed by atoms with Crippen molar-refractivity contribution in [3.8, 4) is 5.69 Å². The van der Waals surface area contributed by atoms with Crippen molar-refractivity contribution in [2.24, 2.45) is 0 Å². The average molecular weight is 534 g/mol. The molecule has 0 fully saturated rings. The zero-order valence-corrected chi connectivity index (χ0v) is 19.7. The van der Waals surface area contributed by atoms with Gasteiger partial charge in [-0.15, -0.1) is 10.2 Å². The second kappa shape index (κ2) is 8.87. The van der Waals surface area contributed by atoms with Gasteiger partial charge in [0.15, 0.2) is 4.83 Å². The minimum atomic E-state index is -4.94. The molecule has 1 atom stereocenters. The third-order valence-electron chi connectivity index (χ3n) is 5.15. The summed E-state index contributed by atoms with van der Waals surface area (Å²) in [5, 5.41) is 2.97. The maximum absolute atomic E-state index is 13.5. The van der Waals surface area contributed by atoms with Gasteiger partial charge in [-0.25, -0.2) is 28.0 Å². The number of rotatable bonds is 2. The summed E-state index contributed by atoms with van der Waals surface area (Å²) in [6, 6.07) is 10.5. The van der Waals surface area contributed by atoms with E-state index in [1.807, 2.05) is 46.2 Å². The van der Waals surface area contributed by atoms with Crippen molar-refractivity contribution in [1.82, 2.24) is 4.57 Å². The fraction of sp³-hybridized carbons (Fsp3) is 0.368. The number of hydrogen-bond donors (Lipinski definition) is 0. The molecule has 0 radical (unpaired) electrons. The van der Waals surface area contributed by atoms with E-state index < -0.39 is 10.2 Å². The highest BCUT2D eigenvalue weighted by Crippen LogP contribution is 2.37. The van der Waals surface area contributed by atoms with Gasteiger partial charge >= 0.3 is 10.7 Å². The minimum Gasteiger partial charge on any atom is -0.240 e. The molecule has 1 unspecified atom stereocenters. The van der Waals surface area contributed by atoms with Crippen LogP contribution in [0.2, 0.25) is 0 Å². The number of fused-ring (bicyclic) bond motifs is 5. The van der Waals surface area contributed by atoms with Gasteiger partial charge in [0.05, 0.1) is 0 Å². The highest BCUT2D eigenvalue weighted by atomic mass is 79.9. The van der Waals surface area contributed by atoms with Crippen molar-refractivity contribution in [1.29, 1.82) is 0 Å². The average Bonchev–Trinajstić information content (AvgIpc) is 3.29. The Morgan fingerprint density at radius 1 is 1.13 bits per heavy atom. The first-order chi connectivity index (χ1) is 14.3. The third-order valence-corrected chi connectivity index (χ3v) is 8.38. The molecule has 30 heavy (non-hydrogen) atoms. The van der Waals surface area contributed by atoms with Gasteiger partial charge in [-0.05, 0) is 55.1 Å². The van der Waals surface area contributed by atoms with Gasteiger partial charge in [-0.3, -0.25) is 0 Å². The monoisotopic (exact) mass is 532 g/mol. The summed E-state index contributed by atoms with van der Waals surface area (Å²) in [6.07, 6.45) is 4.61. The van der Waals surface area contributed by atoms with Gasteiger partial charge in [0, 0.05) is 16.0 Å². The third kappa shape index (κ3) is 4.33. The summed E-state index contributed by atoms with van der Waals surface area (Å²) in [5.41, 5.74) is 2.45. The molecule has 5 rings (SSSR count). The first-order valence-electron chi connectivity index (χ1n) is 9.30. The molecule has 1 aliphatic heterocycles. The van der Waals surface area contributed by atoms with Crippen LogP contribution in [0.4, 0.5) is 0 Å². The van der Waals surface area contributed by atoms with Crippen molar-refractivity contribution < 1.29 is 33.4 Å². The van der Waals surface area contributed by atoms with Crippen molar-refractivity contribution in [3.05, 3.63) is 51.1 Å². The van der Waals surface area contributed by atoms with Crippen LogP contribution in [0.3, 0.4) is 0 Å². The van der Waals surface area contributed by atoms with Crippen LogP contribution in [0.1, 0.15) is 29.3 Å². The molecule has 2 aliphatic rings. The van der Waals surface area contributed by atoms with Crippen LogP contribution >= 0.6 is 39.0 Å². The SMILES string of the molecule is O=c1c2c3c(sc2[n+]2c(n1-c1ccccc1)SCC2CBr)CCCC3.[O-][Cl+3]([O-])([O-])[O-]. The number of para-hydroxylation sites is 1. The molecular formula is C19H18BrClN2O5S2. The van der Waals surface area contributed by atoms with Gasteiger partial charge in [0.25, 0.3) is 0 Å². The van der Waals surface area contributed by atoms with Gasteiger partial charge in [0.2, 0.25) is 0 Å². The molecule has 1 aliphatic carbocycles. The van der Waals surface area contributed by atoms with Gasteiger partial charge in [0.1, 0.15) is 17.1 Å². The molecule has 0 N–H and O–H groups in total. The summed E-state index contributed by atoms with van der Waals surface area (Å²) in [7, 11) is -4.94. The molecule has 0 amide bonds. The van der Waals surface area contributed by atoms with Crippen LogP contribution in [-0.2, 0) is 12.8 Å². The summed E-state index contributed by atoms with van der Waals surface area (Å²) in [6.45, 7) is 0. The van der Waals surface area contributed by atoms with E-state index in [9.17, 15) is 4.79 Å². The Hall–Kier alpha value is -0.980. The fourth-order valence-electron chi connectivity index (χ4n) is 3.95. The number of aryl methyl sites for hydroxylation is 2. The van der Waals surface area contributed by atoms with Crippen molar-refractivity contribution in [2.45, 2.75) is 36.9 Å². The lowest BCUT2D eigenvalue weighted by Crippen LogP contribution is -2.68. The predicted octanol–water partition coefficient (Wildman–Crippen LogP) is -0.496. The van der Waals surface area contributed by atoms with E-state index >= 15 is 0 Å². The lowest BCUT2D eigenvalue weighted by atomic mass is 9.97. The number of nitrogens with zero attached hydrogens (tertiary/aromatic N) is 2. The summed E-state index contributed by atoms with van der Waals surface area (Å²) in [4.78, 5) is 16.2. The van der Waals surface area contributed by atoms with E-state index in [1.165, 1.54) is 28.1 Å².